The molecule has 8 nitrogen and oxygen atoms in total. The van der Waals surface area contributed by atoms with Gasteiger partial charge in [0.15, 0.2) is 0 Å². The van der Waals surface area contributed by atoms with Gasteiger partial charge in [-0.3, -0.25) is 19.7 Å². The molecular weight excluding hydrogens is 300 g/mol. The van der Waals surface area contributed by atoms with E-state index in [0.717, 1.165) is 0 Å². The van der Waals surface area contributed by atoms with Crippen molar-refractivity contribution in [2.45, 2.75) is 26.8 Å². The normalized spacial score (nSPS) is 11.7. The summed E-state index contributed by atoms with van der Waals surface area (Å²) in [5.41, 5.74) is 0.381. The number of nitrogens with one attached hydrogen (secondary N) is 3. The largest absolute Gasteiger partial charge is 0.378 e. The Morgan fingerprint density at radius 3 is 2.43 bits per heavy atom. The van der Waals surface area contributed by atoms with Gasteiger partial charge in [-0.2, -0.15) is 0 Å². The first kappa shape index (κ1) is 18.4. The fraction of sp³-hybridized carbons (Fsp3) is 0.467. The number of nitro groups is 1. The van der Waals surface area contributed by atoms with Gasteiger partial charge in [-0.1, -0.05) is 26.0 Å². The average Bonchev–Trinajstić information content (AvgIpc) is 2.48. The highest BCUT2D eigenvalue weighted by Crippen LogP contribution is 2.22. The highest BCUT2D eigenvalue weighted by molar-refractivity contribution is 5.87. The number of benzene rings is 1. The minimum atomic E-state index is -0.599. The molecule has 0 aliphatic carbocycles. The Kier molecular flexibility index (Phi) is 6.98. The summed E-state index contributed by atoms with van der Waals surface area (Å²) in [5.74, 6) is -0.585. The van der Waals surface area contributed by atoms with Crippen molar-refractivity contribution in [1.29, 1.82) is 0 Å². The summed E-state index contributed by atoms with van der Waals surface area (Å²) in [7, 11) is 0. The van der Waals surface area contributed by atoms with Crippen LogP contribution in [0.25, 0.3) is 0 Å². The summed E-state index contributed by atoms with van der Waals surface area (Å²) in [6.07, 6.45) is 0. The smallest absolute Gasteiger partial charge is 0.292 e. The van der Waals surface area contributed by atoms with Gasteiger partial charge >= 0.3 is 0 Å². The van der Waals surface area contributed by atoms with Crippen LogP contribution in [0, 0.1) is 16.0 Å². The number of hydrogen-bond acceptors (Lipinski definition) is 5. The standard InChI is InChI=1S/C15H22N4O4/c1-10(2)14(18-11(3)20)15(21)17-9-8-16-12-6-4-5-7-13(12)19(22)23/h4-7,10,14,16H,8-9H2,1-3H3,(H,17,21)(H,18,20)/t14-/m0/s1. The van der Waals surface area contributed by atoms with Crippen molar-refractivity contribution in [2.24, 2.45) is 5.92 Å². The fourth-order valence-electron chi connectivity index (χ4n) is 2.03. The van der Waals surface area contributed by atoms with E-state index in [1.807, 2.05) is 13.8 Å². The number of anilines is 1. The van der Waals surface area contributed by atoms with Crippen molar-refractivity contribution in [1.82, 2.24) is 10.6 Å². The van der Waals surface area contributed by atoms with Gasteiger partial charge in [-0.25, -0.2) is 0 Å². The first-order chi connectivity index (χ1) is 10.8. The zero-order valence-electron chi connectivity index (χ0n) is 13.5. The topological polar surface area (TPSA) is 113 Å². The second-order valence-electron chi connectivity index (χ2n) is 5.41. The molecule has 0 aromatic heterocycles. The molecule has 0 bridgehead atoms. The van der Waals surface area contributed by atoms with Gasteiger partial charge < -0.3 is 16.0 Å². The number of para-hydroxylation sites is 2. The second kappa shape index (κ2) is 8.72. The molecule has 1 rings (SSSR count). The lowest BCUT2D eigenvalue weighted by atomic mass is 10.0. The van der Waals surface area contributed by atoms with Crippen LogP contribution < -0.4 is 16.0 Å². The Morgan fingerprint density at radius 1 is 1.22 bits per heavy atom. The Bertz CT molecular complexity index is 574. The van der Waals surface area contributed by atoms with E-state index in [9.17, 15) is 19.7 Å². The zero-order chi connectivity index (χ0) is 17.4. The maximum Gasteiger partial charge on any atom is 0.292 e. The molecule has 0 fully saturated rings. The van der Waals surface area contributed by atoms with Crippen molar-refractivity contribution in [3.63, 3.8) is 0 Å². The van der Waals surface area contributed by atoms with Crippen LogP contribution in [0.3, 0.4) is 0 Å². The molecule has 0 heterocycles. The molecule has 0 aliphatic heterocycles. The van der Waals surface area contributed by atoms with Crippen LogP contribution in [-0.2, 0) is 9.59 Å². The van der Waals surface area contributed by atoms with E-state index in [2.05, 4.69) is 16.0 Å². The third kappa shape index (κ3) is 5.93. The predicted molar refractivity (Wildman–Crippen MR) is 87.0 cm³/mol. The van der Waals surface area contributed by atoms with E-state index in [1.54, 1.807) is 18.2 Å². The molecule has 2 amide bonds. The molecule has 0 saturated heterocycles. The Hall–Kier alpha value is -2.64. The lowest BCUT2D eigenvalue weighted by Gasteiger charge is -2.21. The maximum atomic E-state index is 12.0. The van der Waals surface area contributed by atoms with Gasteiger partial charge in [0.2, 0.25) is 11.8 Å². The molecule has 1 aromatic carbocycles. The van der Waals surface area contributed by atoms with E-state index in [1.165, 1.54) is 13.0 Å². The predicted octanol–water partition coefficient (Wildman–Crippen LogP) is 1.28. The summed E-state index contributed by atoms with van der Waals surface area (Å²) in [6, 6.07) is 5.70. The van der Waals surface area contributed by atoms with E-state index in [0.29, 0.717) is 12.2 Å². The zero-order valence-corrected chi connectivity index (χ0v) is 13.5. The number of carbonyl (C=O) groups is 2. The van der Waals surface area contributed by atoms with Crippen LogP contribution in [0.4, 0.5) is 11.4 Å². The van der Waals surface area contributed by atoms with Crippen LogP contribution in [0.5, 0.6) is 0 Å². The lowest BCUT2D eigenvalue weighted by Crippen LogP contribution is -2.49. The summed E-state index contributed by atoms with van der Waals surface area (Å²) in [4.78, 5) is 33.6. The fourth-order valence-corrected chi connectivity index (χ4v) is 2.03. The number of amides is 2. The van der Waals surface area contributed by atoms with E-state index in [-0.39, 0.29) is 30.0 Å². The van der Waals surface area contributed by atoms with Gasteiger partial charge in [0, 0.05) is 26.1 Å². The molecule has 1 atom stereocenters. The summed E-state index contributed by atoms with van der Waals surface area (Å²) < 4.78 is 0. The minimum Gasteiger partial charge on any atom is -0.378 e. The minimum absolute atomic E-state index is 0.0165. The summed E-state index contributed by atoms with van der Waals surface area (Å²) in [6.45, 7) is 5.66. The van der Waals surface area contributed by atoms with Gasteiger partial charge in [0.05, 0.1) is 4.92 Å². The first-order valence-electron chi connectivity index (χ1n) is 7.35. The van der Waals surface area contributed by atoms with Crippen molar-refractivity contribution in [2.75, 3.05) is 18.4 Å². The molecular formula is C15H22N4O4. The summed E-state index contributed by atoms with van der Waals surface area (Å²) in [5, 5.41) is 19.1. The number of hydrogen-bond donors (Lipinski definition) is 3. The van der Waals surface area contributed by atoms with E-state index in [4.69, 9.17) is 0 Å². The number of nitro benzene ring substituents is 1. The molecule has 0 spiro atoms. The third-order valence-corrected chi connectivity index (χ3v) is 3.15. The SMILES string of the molecule is CC(=O)N[C@H](C(=O)NCCNc1ccccc1[N+](=O)[O-])C(C)C. The number of carbonyl (C=O) groups excluding carboxylic acids is 2. The molecule has 0 saturated carbocycles. The van der Waals surface area contributed by atoms with Crippen molar-refractivity contribution in [3.05, 3.63) is 34.4 Å². The highest BCUT2D eigenvalue weighted by Gasteiger charge is 2.22. The van der Waals surface area contributed by atoms with Crippen LogP contribution in [0.2, 0.25) is 0 Å². The maximum absolute atomic E-state index is 12.0. The van der Waals surface area contributed by atoms with Crippen molar-refractivity contribution in [3.8, 4) is 0 Å². The van der Waals surface area contributed by atoms with Gasteiger partial charge in [0.1, 0.15) is 11.7 Å². The third-order valence-electron chi connectivity index (χ3n) is 3.15. The van der Waals surface area contributed by atoms with Crippen LogP contribution in [-0.4, -0.2) is 35.9 Å². The quantitative estimate of drug-likeness (QED) is 0.379. The average molecular weight is 322 g/mol. The van der Waals surface area contributed by atoms with Crippen molar-refractivity contribution < 1.29 is 14.5 Å². The van der Waals surface area contributed by atoms with Gasteiger partial charge in [-0.15, -0.1) is 0 Å². The molecule has 0 unspecified atom stereocenters. The van der Waals surface area contributed by atoms with Crippen LogP contribution >= 0.6 is 0 Å². The van der Waals surface area contributed by atoms with Gasteiger partial charge in [-0.05, 0) is 12.0 Å². The highest BCUT2D eigenvalue weighted by atomic mass is 16.6. The number of rotatable bonds is 8. The van der Waals surface area contributed by atoms with Gasteiger partial charge in [0.25, 0.3) is 5.69 Å². The molecule has 0 radical (unpaired) electrons. The monoisotopic (exact) mass is 322 g/mol. The molecule has 3 N–H and O–H groups in total. The Labute approximate surface area is 134 Å². The summed E-state index contributed by atoms with van der Waals surface area (Å²) >= 11 is 0. The second-order valence-corrected chi connectivity index (χ2v) is 5.41. The van der Waals surface area contributed by atoms with E-state index < -0.39 is 11.0 Å². The Morgan fingerprint density at radius 2 is 1.87 bits per heavy atom. The van der Waals surface area contributed by atoms with E-state index >= 15 is 0 Å². The molecule has 0 aliphatic rings. The number of nitrogens with zero attached hydrogens (tertiary/aromatic N) is 1. The van der Waals surface area contributed by atoms with Crippen LogP contribution in [0.15, 0.2) is 24.3 Å². The Balaban J connectivity index is 2.49. The van der Waals surface area contributed by atoms with Crippen molar-refractivity contribution >= 4 is 23.2 Å². The molecule has 23 heavy (non-hydrogen) atoms. The van der Waals surface area contributed by atoms with Crippen LogP contribution in [0.1, 0.15) is 20.8 Å². The molecule has 8 heteroatoms. The molecule has 126 valence electrons. The first-order valence-corrected chi connectivity index (χ1v) is 7.35. The lowest BCUT2D eigenvalue weighted by molar-refractivity contribution is -0.384. The molecule has 1 aromatic rings.